The highest BCUT2D eigenvalue weighted by Crippen LogP contribution is 2.32. The van der Waals surface area contributed by atoms with Crippen LogP contribution in [0.2, 0.25) is 0 Å². The Morgan fingerprint density at radius 3 is 2.74 bits per heavy atom. The Kier molecular flexibility index (Phi) is 2.40. The van der Waals surface area contributed by atoms with Crippen molar-refractivity contribution in [3.05, 3.63) is 30.6 Å². The van der Waals surface area contributed by atoms with Crippen LogP contribution in [0.1, 0.15) is 19.3 Å². The second-order valence-electron chi connectivity index (χ2n) is 5.02. The molecule has 96 valence electrons. The fraction of sp³-hybridized carbons (Fsp3) is 0.333. The van der Waals surface area contributed by atoms with Gasteiger partial charge in [0.05, 0.1) is 0 Å². The Morgan fingerprint density at radius 1 is 1.00 bits per heavy atom. The van der Waals surface area contributed by atoms with E-state index in [-0.39, 0.29) is 0 Å². The molecule has 3 heterocycles. The Hall–Kier alpha value is -2.10. The molecule has 0 amide bonds. The van der Waals surface area contributed by atoms with E-state index in [4.69, 9.17) is 4.42 Å². The van der Waals surface area contributed by atoms with Gasteiger partial charge in [0, 0.05) is 18.5 Å². The van der Waals surface area contributed by atoms with E-state index in [0.717, 1.165) is 41.0 Å². The first-order valence-electron chi connectivity index (χ1n) is 6.81. The van der Waals surface area contributed by atoms with Gasteiger partial charge in [0.25, 0.3) is 0 Å². The van der Waals surface area contributed by atoms with E-state index in [1.165, 1.54) is 19.3 Å². The maximum atomic E-state index is 5.97. The summed E-state index contributed by atoms with van der Waals surface area (Å²) < 4.78 is 5.97. The standard InChI is InChI=1S/C15H15N3O/c1-4-8-18(9-5-1)15-14-13(16-10-17-15)11-6-2-3-7-12(11)19-14/h2-3,6-7,10H,1,4-5,8-9H2. The molecule has 1 aliphatic rings. The van der Waals surface area contributed by atoms with Gasteiger partial charge in [-0.05, 0) is 31.4 Å². The minimum absolute atomic E-state index is 0.825. The van der Waals surface area contributed by atoms with Crippen molar-refractivity contribution in [1.82, 2.24) is 9.97 Å². The third-order valence-corrected chi connectivity index (χ3v) is 3.79. The molecular weight excluding hydrogens is 238 g/mol. The number of aromatic nitrogens is 2. The molecule has 0 bridgehead atoms. The number of hydrogen-bond acceptors (Lipinski definition) is 4. The summed E-state index contributed by atoms with van der Waals surface area (Å²) in [5.41, 5.74) is 2.63. The van der Waals surface area contributed by atoms with Crippen LogP contribution in [0.5, 0.6) is 0 Å². The van der Waals surface area contributed by atoms with Crippen molar-refractivity contribution in [2.24, 2.45) is 0 Å². The normalized spacial score (nSPS) is 16.3. The fourth-order valence-electron chi connectivity index (χ4n) is 2.84. The van der Waals surface area contributed by atoms with E-state index >= 15 is 0 Å². The second-order valence-corrected chi connectivity index (χ2v) is 5.02. The number of benzene rings is 1. The highest BCUT2D eigenvalue weighted by Gasteiger charge is 2.19. The summed E-state index contributed by atoms with van der Waals surface area (Å²) in [5, 5.41) is 1.07. The van der Waals surface area contributed by atoms with Gasteiger partial charge in [-0.1, -0.05) is 12.1 Å². The van der Waals surface area contributed by atoms with Crippen LogP contribution in [0.25, 0.3) is 22.1 Å². The quantitative estimate of drug-likeness (QED) is 0.667. The molecule has 3 aromatic rings. The van der Waals surface area contributed by atoms with Crippen molar-refractivity contribution in [1.29, 1.82) is 0 Å². The maximum absolute atomic E-state index is 5.97. The van der Waals surface area contributed by atoms with E-state index in [1.54, 1.807) is 6.33 Å². The first-order chi connectivity index (χ1) is 9.43. The molecular formula is C15H15N3O. The van der Waals surface area contributed by atoms with Gasteiger partial charge in [0.15, 0.2) is 11.4 Å². The Bertz CT molecular complexity index is 728. The fourth-order valence-corrected chi connectivity index (χ4v) is 2.84. The van der Waals surface area contributed by atoms with Gasteiger partial charge in [-0.2, -0.15) is 0 Å². The average molecular weight is 253 g/mol. The zero-order valence-corrected chi connectivity index (χ0v) is 10.7. The van der Waals surface area contributed by atoms with Crippen molar-refractivity contribution in [2.45, 2.75) is 19.3 Å². The second kappa shape index (κ2) is 4.23. The minimum atomic E-state index is 0.825. The third-order valence-electron chi connectivity index (χ3n) is 3.79. The Labute approximate surface area is 111 Å². The number of piperidine rings is 1. The van der Waals surface area contributed by atoms with E-state index in [1.807, 2.05) is 24.3 Å². The van der Waals surface area contributed by atoms with Gasteiger partial charge in [-0.3, -0.25) is 0 Å². The Balaban J connectivity index is 1.95. The first-order valence-corrected chi connectivity index (χ1v) is 6.81. The summed E-state index contributed by atoms with van der Waals surface area (Å²) in [7, 11) is 0. The smallest absolute Gasteiger partial charge is 0.196 e. The molecule has 4 nitrogen and oxygen atoms in total. The van der Waals surface area contributed by atoms with E-state index < -0.39 is 0 Å². The van der Waals surface area contributed by atoms with Gasteiger partial charge in [0.1, 0.15) is 17.4 Å². The predicted octanol–water partition coefficient (Wildman–Crippen LogP) is 3.37. The van der Waals surface area contributed by atoms with Crippen LogP contribution in [-0.2, 0) is 0 Å². The summed E-state index contributed by atoms with van der Waals surface area (Å²) in [5.74, 6) is 0.945. The summed E-state index contributed by atoms with van der Waals surface area (Å²) in [6, 6.07) is 8.03. The van der Waals surface area contributed by atoms with Crippen LogP contribution in [0.15, 0.2) is 35.0 Å². The first kappa shape index (κ1) is 10.8. The summed E-state index contributed by atoms with van der Waals surface area (Å²) in [6.45, 7) is 2.12. The molecule has 1 saturated heterocycles. The molecule has 1 aliphatic heterocycles. The molecule has 0 atom stereocenters. The molecule has 0 aliphatic carbocycles. The number of hydrogen-bond donors (Lipinski definition) is 0. The number of rotatable bonds is 1. The summed E-state index contributed by atoms with van der Waals surface area (Å²) in [6.07, 6.45) is 5.41. The zero-order chi connectivity index (χ0) is 12.7. The van der Waals surface area contributed by atoms with Crippen molar-refractivity contribution in [2.75, 3.05) is 18.0 Å². The van der Waals surface area contributed by atoms with E-state index in [9.17, 15) is 0 Å². The highest BCUT2D eigenvalue weighted by atomic mass is 16.3. The van der Waals surface area contributed by atoms with Crippen molar-refractivity contribution >= 4 is 27.9 Å². The number of furan rings is 1. The molecule has 0 spiro atoms. The van der Waals surface area contributed by atoms with Crippen molar-refractivity contribution in [3.63, 3.8) is 0 Å². The van der Waals surface area contributed by atoms with Crippen molar-refractivity contribution in [3.8, 4) is 0 Å². The minimum Gasteiger partial charge on any atom is -0.450 e. The number of fused-ring (bicyclic) bond motifs is 3. The zero-order valence-electron chi connectivity index (χ0n) is 10.7. The summed E-state index contributed by atoms with van der Waals surface area (Å²) in [4.78, 5) is 11.2. The monoisotopic (exact) mass is 253 g/mol. The molecule has 0 unspecified atom stereocenters. The van der Waals surface area contributed by atoms with Gasteiger partial charge < -0.3 is 9.32 Å². The molecule has 0 saturated carbocycles. The topological polar surface area (TPSA) is 42.2 Å². The molecule has 1 aromatic carbocycles. The predicted molar refractivity (Wildman–Crippen MR) is 75.4 cm³/mol. The number of anilines is 1. The van der Waals surface area contributed by atoms with Gasteiger partial charge in [0.2, 0.25) is 0 Å². The van der Waals surface area contributed by atoms with Crippen LogP contribution in [-0.4, -0.2) is 23.1 Å². The lowest BCUT2D eigenvalue weighted by Crippen LogP contribution is -2.30. The molecule has 4 rings (SSSR count). The van der Waals surface area contributed by atoms with Gasteiger partial charge in [-0.25, -0.2) is 9.97 Å². The van der Waals surface area contributed by atoms with E-state index in [2.05, 4.69) is 14.9 Å². The van der Waals surface area contributed by atoms with Crippen LogP contribution in [0.4, 0.5) is 5.82 Å². The lowest BCUT2D eigenvalue weighted by Gasteiger charge is -2.27. The lowest BCUT2D eigenvalue weighted by molar-refractivity contribution is 0.569. The molecule has 0 N–H and O–H groups in total. The van der Waals surface area contributed by atoms with Gasteiger partial charge >= 0.3 is 0 Å². The largest absolute Gasteiger partial charge is 0.450 e. The average Bonchev–Trinajstić information content (AvgIpc) is 2.87. The van der Waals surface area contributed by atoms with Crippen LogP contribution in [0.3, 0.4) is 0 Å². The molecule has 2 aromatic heterocycles. The summed E-state index contributed by atoms with van der Waals surface area (Å²) >= 11 is 0. The molecule has 4 heteroatoms. The van der Waals surface area contributed by atoms with Crippen molar-refractivity contribution < 1.29 is 4.42 Å². The van der Waals surface area contributed by atoms with E-state index in [0.29, 0.717) is 0 Å². The lowest BCUT2D eigenvalue weighted by atomic mass is 10.1. The molecule has 0 radical (unpaired) electrons. The highest BCUT2D eigenvalue weighted by molar-refractivity contribution is 6.05. The molecule has 19 heavy (non-hydrogen) atoms. The van der Waals surface area contributed by atoms with Crippen LogP contribution < -0.4 is 4.90 Å². The number of para-hydroxylation sites is 1. The number of nitrogens with zero attached hydrogens (tertiary/aromatic N) is 3. The SMILES string of the molecule is c1ccc2c(c1)oc1c(N3CCCCC3)ncnc12. The van der Waals surface area contributed by atoms with Gasteiger partial charge in [-0.15, -0.1) is 0 Å². The van der Waals surface area contributed by atoms with Crippen LogP contribution >= 0.6 is 0 Å². The molecule has 1 fully saturated rings. The van der Waals surface area contributed by atoms with Crippen LogP contribution in [0, 0.1) is 0 Å². The third kappa shape index (κ3) is 1.67. The Morgan fingerprint density at radius 2 is 1.84 bits per heavy atom. The maximum Gasteiger partial charge on any atom is 0.196 e.